The monoisotopic (exact) mass is 432 g/mol. The Morgan fingerprint density at radius 1 is 1.20 bits per heavy atom. The van der Waals surface area contributed by atoms with Crippen molar-refractivity contribution in [2.24, 2.45) is 5.10 Å². The molecule has 25 heavy (non-hydrogen) atoms. The fourth-order valence-electron chi connectivity index (χ4n) is 2.07. The van der Waals surface area contributed by atoms with Crippen LogP contribution in [0.3, 0.4) is 0 Å². The first-order chi connectivity index (χ1) is 12.0. The highest BCUT2D eigenvalue weighted by Gasteiger charge is 2.36. The summed E-state index contributed by atoms with van der Waals surface area (Å²) >= 11 is 9.55. The van der Waals surface area contributed by atoms with Gasteiger partial charge >= 0.3 is 12.3 Å². The molecule has 0 saturated heterocycles. The average molecular weight is 434 g/mol. The van der Waals surface area contributed by atoms with E-state index < -0.39 is 18.2 Å². The molecule has 0 fully saturated rings. The van der Waals surface area contributed by atoms with Crippen LogP contribution < -0.4 is 5.43 Å². The van der Waals surface area contributed by atoms with Gasteiger partial charge in [0.1, 0.15) is 11.7 Å². The zero-order valence-corrected chi connectivity index (χ0v) is 15.6. The lowest BCUT2D eigenvalue weighted by molar-refractivity contribution is 0.0908. The third-order valence-corrected chi connectivity index (χ3v) is 4.08. The van der Waals surface area contributed by atoms with E-state index in [-0.39, 0.29) is 17.0 Å². The van der Waals surface area contributed by atoms with Crippen molar-refractivity contribution in [1.29, 1.82) is 0 Å². The Morgan fingerprint density at radius 2 is 1.84 bits per heavy atom. The molecule has 1 aliphatic rings. The predicted molar refractivity (Wildman–Crippen MR) is 92.6 cm³/mol. The standard InChI is InChI=1S/C15H14BrClN2O6/c1-22-14(20)24-12-10(7-16)18-19-13(25-15(21)23-2)11(12)8-5-3-4-6-9(8)17/h3-6,11,18H,7H2,1-2H3. The first-order valence-electron chi connectivity index (χ1n) is 6.90. The molecule has 134 valence electrons. The first kappa shape index (κ1) is 19.1. The Morgan fingerprint density at radius 3 is 2.44 bits per heavy atom. The normalized spacial score (nSPS) is 16.5. The number of hydrazone groups is 1. The van der Waals surface area contributed by atoms with Gasteiger partial charge in [0.25, 0.3) is 0 Å². The number of halogens is 2. The summed E-state index contributed by atoms with van der Waals surface area (Å²) in [6.07, 6.45) is -1.91. The largest absolute Gasteiger partial charge is 0.514 e. The van der Waals surface area contributed by atoms with E-state index in [9.17, 15) is 9.59 Å². The maximum atomic E-state index is 11.7. The van der Waals surface area contributed by atoms with E-state index in [2.05, 4.69) is 35.9 Å². The van der Waals surface area contributed by atoms with Crippen molar-refractivity contribution in [3.8, 4) is 0 Å². The predicted octanol–water partition coefficient (Wildman–Crippen LogP) is 3.51. The number of alkyl halides is 1. The van der Waals surface area contributed by atoms with E-state index in [1.807, 2.05) is 0 Å². The lowest BCUT2D eigenvalue weighted by atomic mass is 9.94. The molecule has 0 amide bonds. The molecule has 10 heteroatoms. The minimum atomic E-state index is -0.975. The van der Waals surface area contributed by atoms with Gasteiger partial charge in [-0.15, -0.1) is 5.10 Å². The van der Waals surface area contributed by atoms with Crippen LogP contribution in [0.4, 0.5) is 9.59 Å². The van der Waals surface area contributed by atoms with Crippen molar-refractivity contribution in [1.82, 2.24) is 5.43 Å². The third kappa shape index (κ3) is 4.43. The number of hydrogen-bond acceptors (Lipinski definition) is 8. The van der Waals surface area contributed by atoms with E-state index >= 15 is 0 Å². The Labute approximate surface area is 156 Å². The summed E-state index contributed by atoms with van der Waals surface area (Å²) < 4.78 is 19.4. The summed E-state index contributed by atoms with van der Waals surface area (Å²) in [4.78, 5) is 23.2. The van der Waals surface area contributed by atoms with Gasteiger partial charge in [-0.05, 0) is 11.6 Å². The fourth-order valence-corrected chi connectivity index (χ4v) is 2.72. The zero-order valence-electron chi connectivity index (χ0n) is 13.2. The molecular weight excluding hydrogens is 420 g/mol. The fraction of sp³-hybridized carbons (Fsp3) is 0.267. The van der Waals surface area contributed by atoms with Crippen LogP contribution in [0.1, 0.15) is 11.5 Å². The van der Waals surface area contributed by atoms with E-state index in [0.717, 1.165) is 7.11 Å². The molecular formula is C15H14BrClN2O6. The van der Waals surface area contributed by atoms with Gasteiger partial charge in [-0.2, -0.15) is 0 Å². The number of rotatable bonds is 3. The van der Waals surface area contributed by atoms with Crippen molar-refractivity contribution in [3.05, 3.63) is 46.3 Å². The number of nitrogens with zero attached hydrogens (tertiary/aromatic N) is 1. The number of carbonyl (C=O) groups excluding carboxylic acids is 2. The molecule has 1 heterocycles. The first-order valence-corrected chi connectivity index (χ1v) is 8.40. The Kier molecular flexibility index (Phi) is 6.65. The molecule has 0 radical (unpaired) electrons. The molecule has 1 atom stereocenters. The Hall–Kier alpha value is -2.26. The minimum absolute atomic E-state index is 0.0939. The second-order valence-electron chi connectivity index (χ2n) is 4.61. The van der Waals surface area contributed by atoms with Crippen LogP contribution in [0.2, 0.25) is 5.02 Å². The highest BCUT2D eigenvalue weighted by atomic mass is 79.9. The highest BCUT2D eigenvalue weighted by molar-refractivity contribution is 9.09. The van der Waals surface area contributed by atoms with Gasteiger partial charge in [0.15, 0.2) is 0 Å². The van der Waals surface area contributed by atoms with Crippen molar-refractivity contribution in [2.75, 3.05) is 19.5 Å². The summed E-state index contributed by atoms with van der Waals surface area (Å²) in [7, 11) is 2.34. The van der Waals surface area contributed by atoms with Gasteiger partial charge in [0, 0.05) is 10.4 Å². The van der Waals surface area contributed by atoms with Crippen LogP contribution in [0.25, 0.3) is 0 Å². The number of hydrogen-bond donors (Lipinski definition) is 1. The van der Waals surface area contributed by atoms with Gasteiger partial charge in [-0.25, -0.2) is 9.59 Å². The number of carbonyl (C=O) groups is 2. The van der Waals surface area contributed by atoms with E-state index in [1.54, 1.807) is 24.3 Å². The lowest BCUT2D eigenvalue weighted by Gasteiger charge is -2.27. The molecule has 0 spiro atoms. The molecule has 0 bridgehead atoms. The molecule has 0 saturated carbocycles. The second-order valence-corrected chi connectivity index (χ2v) is 5.57. The maximum Gasteiger partial charge on any atom is 0.514 e. The number of allylic oxidation sites excluding steroid dienone is 1. The Balaban J connectivity index is 2.53. The van der Waals surface area contributed by atoms with Gasteiger partial charge < -0.3 is 18.9 Å². The zero-order chi connectivity index (χ0) is 18.4. The summed E-state index contributed by atoms with van der Waals surface area (Å²) in [6, 6.07) is 6.82. The molecule has 1 N–H and O–H groups in total. The quantitative estimate of drug-likeness (QED) is 0.575. The van der Waals surface area contributed by atoms with Gasteiger partial charge in [-0.3, -0.25) is 5.43 Å². The third-order valence-electron chi connectivity index (χ3n) is 3.17. The van der Waals surface area contributed by atoms with Crippen molar-refractivity contribution >= 4 is 45.7 Å². The molecule has 1 unspecified atom stereocenters. The second kappa shape index (κ2) is 8.72. The SMILES string of the molecule is COC(=O)OC1=NNC(CBr)=C(OC(=O)OC)C1c1ccccc1Cl. The van der Waals surface area contributed by atoms with Gasteiger partial charge in [0.05, 0.1) is 19.9 Å². The number of ether oxygens (including phenoxy) is 4. The summed E-state index contributed by atoms with van der Waals surface area (Å²) in [5.41, 5.74) is 3.62. The minimum Gasteiger partial charge on any atom is -0.437 e. The highest BCUT2D eigenvalue weighted by Crippen LogP contribution is 2.36. The summed E-state index contributed by atoms with van der Waals surface area (Å²) in [5.74, 6) is -0.824. The van der Waals surface area contributed by atoms with E-state index in [1.165, 1.54) is 7.11 Å². The van der Waals surface area contributed by atoms with Crippen LogP contribution in [-0.4, -0.2) is 37.8 Å². The number of benzene rings is 1. The molecule has 0 aromatic heterocycles. The lowest BCUT2D eigenvalue weighted by Crippen LogP contribution is -2.33. The van der Waals surface area contributed by atoms with Crippen LogP contribution in [0.15, 0.2) is 40.8 Å². The Bertz CT molecular complexity index is 736. The summed E-state index contributed by atoms with van der Waals surface area (Å²) in [5, 5.41) is 4.67. The van der Waals surface area contributed by atoms with Gasteiger partial charge in [-0.1, -0.05) is 45.7 Å². The number of nitrogens with one attached hydrogen (secondary N) is 1. The van der Waals surface area contributed by atoms with Gasteiger partial charge in [0.2, 0.25) is 5.90 Å². The van der Waals surface area contributed by atoms with Crippen molar-refractivity contribution in [2.45, 2.75) is 5.92 Å². The molecule has 1 aromatic carbocycles. The van der Waals surface area contributed by atoms with E-state index in [4.69, 9.17) is 21.1 Å². The van der Waals surface area contributed by atoms with Crippen molar-refractivity contribution < 1.29 is 28.5 Å². The van der Waals surface area contributed by atoms with Crippen LogP contribution in [0.5, 0.6) is 0 Å². The maximum absolute atomic E-state index is 11.7. The molecule has 2 rings (SSSR count). The topological polar surface area (TPSA) is 95.5 Å². The van der Waals surface area contributed by atoms with Crippen LogP contribution in [0, 0.1) is 0 Å². The number of methoxy groups -OCH3 is 2. The average Bonchev–Trinajstić information content (AvgIpc) is 2.62. The summed E-state index contributed by atoms with van der Waals surface area (Å²) in [6.45, 7) is 0. The molecule has 8 nitrogen and oxygen atoms in total. The smallest absolute Gasteiger partial charge is 0.437 e. The molecule has 0 aliphatic carbocycles. The van der Waals surface area contributed by atoms with E-state index in [0.29, 0.717) is 16.3 Å². The van der Waals surface area contributed by atoms with Crippen molar-refractivity contribution in [3.63, 3.8) is 0 Å². The van der Waals surface area contributed by atoms with Crippen LogP contribution in [-0.2, 0) is 18.9 Å². The molecule has 1 aromatic rings. The molecule has 1 aliphatic heterocycles. The van der Waals surface area contributed by atoms with Crippen LogP contribution >= 0.6 is 27.5 Å².